The largest absolute Gasteiger partial charge is 0.381 e. The van der Waals surface area contributed by atoms with Gasteiger partial charge in [0.05, 0.1) is 5.75 Å². The van der Waals surface area contributed by atoms with E-state index in [2.05, 4.69) is 15.6 Å². The van der Waals surface area contributed by atoms with Gasteiger partial charge in [0, 0.05) is 52.8 Å². The summed E-state index contributed by atoms with van der Waals surface area (Å²) in [5, 5.41) is 6.11. The average molecular weight is 463 g/mol. The highest BCUT2D eigenvalue weighted by Crippen LogP contribution is 2.14. The van der Waals surface area contributed by atoms with Crippen LogP contribution in [0.25, 0.3) is 0 Å². The number of nitrogens with one attached hydrogen (secondary N) is 2. The number of aliphatic imine (C=N–C) groups is 1. The maximum absolute atomic E-state index is 11.0. The second-order valence-corrected chi connectivity index (χ2v) is 7.80. The minimum atomic E-state index is -2.95. The summed E-state index contributed by atoms with van der Waals surface area (Å²) in [6.07, 6.45) is 4.29. The van der Waals surface area contributed by atoms with Gasteiger partial charge in [-0.2, -0.15) is 0 Å². The van der Waals surface area contributed by atoms with Crippen molar-refractivity contribution in [3.8, 4) is 0 Å². The molecular formula is C14H30IN3O4S. The SMILES string of the molecule is CN=C(NCCCOCC1CCOCC1)NCCS(C)(=O)=O.I. The lowest BCUT2D eigenvalue weighted by atomic mass is 10.0. The third-order valence-corrected chi connectivity index (χ3v) is 4.39. The fraction of sp³-hybridized carbons (Fsp3) is 0.929. The summed E-state index contributed by atoms with van der Waals surface area (Å²) in [4.78, 5) is 4.04. The zero-order valence-electron chi connectivity index (χ0n) is 14.0. The van der Waals surface area contributed by atoms with Gasteiger partial charge in [-0.15, -0.1) is 24.0 Å². The quantitative estimate of drug-likeness (QED) is 0.226. The molecule has 1 saturated heterocycles. The Balaban J connectivity index is 0.00000484. The molecule has 1 aliphatic rings. The normalized spacial score (nSPS) is 16.7. The van der Waals surface area contributed by atoms with Crippen LogP contribution in [0.15, 0.2) is 4.99 Å². The molecule has 0 aromatic rings. The molecule has 0 aromatic heterocycles. The van der Waals surface area contributed by atoms with Gasteiger partial charge in [0.15, 0.2) is 5.96 Å². The molecule has 138 valence electrons. The van der Waals surface area contributed by atoms with E-state index in [4.69, 9.17) is 9.47 Å². The number of halogens is 1. The second-order valence-electron chi connectivity index (χ2n) is 5.54. The molecule has 7 nitrogen and oxygen atoms in total. The second kappa shape index (κ2) is 13.2. The molecule has 0 spiro atoms. The molecule has 2 N–H and O–H groups in total. The van der Waals surface area contributed by atoms with E-state index in [9.17, 15) is 8.42 Å². The number of sulfone groups is 1. The Morgan fingerprint density at radius 1 is 1.26 bits per heavy atom. The number of hydrogen-bond acceptors (Lipinski definition) is 5. The Kier molecular flexibility index (Phi) is 13.1. The van der Waals surface area contributed by atoms with Crippen LogP contribution in [0.4, 0.5) is 0 Å². The van der Waals surface area contributed by atoms with Crippen LogP contribution in [0.3, 0.4) is 0 Å². The van der Waals surface area contributed by atoms with Crippen LogP contribution in [-0.4, -0.2) is 73.0 Å². The van der Waals surface area contributed by atoms with Gasteiger partial charge in [0.2, 0.25) is 0 Å². The summed E-state index contributed by atoms with van der Waals surface area (Å²) in [7, 11) is -1.28. The average Bonchev–Trinajstić information content (AvgIpc) is 2.48. The van der Waals surface area contributed by atoms with Crippen LogP contribution in [0.5, 0.6) is 0 Å². The molecule has 0 saturated carbocycles. The minimum Gasteiger partial charge on any atom is -0.381 e. The molecule has 1 fully saturated rings. The monoisotopic (exact) mass is 463 g/mol. The first-order valence-corrected chi connectivity index (χ1v) is 9.85. The number of hydrogen-bond donors (Lipinski definition) is 2. The zero-order chi connectivity index (χ0) is 16.3. The standard InChI is InChI=1S/C14H29N3O4S.HI/c1-15-14(17-7-11-22(2,18)19)16-6-3-8-21-12-13-4-9-20-10-5-13;/h13H,3-12H2,1-2H3,(H2,15,16,17);1H. The third-order valence-electron chi connectivity index (χ3n) is 3.44. The molecule has 1 heterocycles. The lowest BCUT2D eigenvalue weighted by Gasteiger charge is -2.21. The minimum absolute atomic E-state index is 0. The Morgan fingerprint density at radius 2 is 1.91 bits per heavy atom. The molecule has 0 aromatic carbocycles. The Morgan fingerprint density at radius 3 is 2.52 bits per heavy atom. The molecule has 1 aliphatic heterocycles. The molecule has 0 aliphatic carbocycles. The highest BCUT2D eigenvalue weighted by atomic mass is 127. The van der Waals surface area contributed by atoms with E-state index in [0.29, 0.717) is 25.0 Å². The van der Waals surface area contributed by atoms with E-state index in [0.717, 1.165) is 45.6 Å². The van der Waals surface area contributed by atoms with Gasteiger partial charge in [-0.25, -0.2) is 8.42 Å². The Hall–Kier alpha value is -0.130. The van der Waals surface area contributed by atoms with E-state index >= 15 is 0 Å². The van der Waals surface area contributed by atoms with Crippen molar-refractivity contribution < 1.29 is 17.9 Å². The number of ether oxygens (including phenoxy) is 2. The van der Waals surface area contributed by atoms with Crippen molar-refractivity contribution in [3.05, 3.63) is 0 Å². The Bertz CT molecular complexity index is 426. The molecule has 9 heteroatoms. The van der Waals surface area contributed by atoms with Crippen LogP contribution in [0.2, 0.25) is 0 Å². The fourth-order valence-electron chi connectivity index (χ4n) is 2.12. The highest BCUT2D eigenvalue weighted by molar-refractivity contribution is 14.0. The number of rotatable bonds is 9. The van der Waals surface area contributed by atoms with Gasteiger partial charge in [0.25, 0.3) is 0 Å². The van der Waals surface area contributed by atoms with Crippen LogP contribution >= 0.6 is 24.0 Å². The van der Waals surface area contributed by atoms with Crippen molar-refractivity contribution >= 4 is 39.8 Å². The van der Waals surface area contributed by atoms with Gasteiger partial charge >= 0.3 is 0 Å². The fourth-order valence-corrected chi connectivity index (χ4v) is 2.59. The van der Waals surface area contributed by atoms with Crippen LogP contribution in [-0.2, 0) is 19.3 Å². The predicted octanol–water partition coefficient (Wildman–Crippen LogP) is 0.647. The first-order valence-electron chi connectivity index (χ1n) is 7.79. The molecule has 0 bridgehead atoms. The van der Waals surface area contributed by atoms with Crippen molar-refractivity contribution in [1.82, 2.24) is 10.6 Å². The van der Waals surface area contributed by atoms with Crippen LogP contribution in [0, 0.1) is 5.92 Å². The van der Waals surface area contributed by atoms with Crippen molar-refractivity contribution in [2.45, 2.75) is 19.3 Å². The first kappa shape index (κ1) is 22.9. The van der Waals surface area contributed by atoms with Gasteiger partial charge in [-0.05, 0) is 25.2 Å². The summed E-state index contributed by atoms with van der Waals surface area (Å²) < 4.78 is 33.1. The summed E-state index contributed by atoms with van der Waals surface area (Å²) in [6, 6.07) is 0. The zero-order valence-corrected chi connectivity index (χ0v) is 17.2. The van der Waals surface area contributed by atoms with Crippen molar-refractivity contribution in [2.75, 3.05) is 58.6 Å². The lowest BCUT2D eigenvalue weighted by Crippen LogP contribution is -2.40. The Labute approximate surface area is 156 Å². The summed E-state index contributed by atoms with van der Waals surface area (Å²) in [5.74, 6) is 1.35. The summed E-state index contributed by atoms with van der Waals surface area (Å²) in [6.45, 7) is 4.33. The molecule has 1 rings (SSSR count). The highest BCUT2D eigenvalue weighted by Gasteiger charge is 2.13. The van der Waals surface area contributed by atoms with Crippen molar-refractivity contribution in [2.24, 2.45) is 10.9 Å². The molecule has 23 heavy (non-hydrogen) atoms. The molecule has 0 radical (unpaired) electrons. The van der Waals surface area contributed by atoms with Gasteiger partial charge in [-0.3, -0.25) is 4.99 Å². The van der Waals surface area contributed by atoms with Crippen molar-refractivity contribution in [3.63, 3.8) is 0 Å². The van der Waals surface area contributed by atoms with E-state index in [1.54, 1.807) is 7.05 Å². The van der Waals surface area contributed by atoms with Crippen molar-refractivity contribution in [1.29, 1.82) is 0 Å². The maximum atomic E-state index is 11.0. The molecule has 0 amide bonds. The van der Waals surface area contributed by atoms with E-state index in [1.807, 2.05) is 0 Å². The lowest BCUT2D eigenvalue weighted by molar-refractivity contribution is 0.0203. The van der Waals surface area contributed by atoms with Crippen LogP contribution in [0.1, 0.15) is 19.3 Å². The number of guanidine groups is 1. The van der Waals surface area contributed by atoms with Crippen LogP contribution < -0.4 is 10.6 Å². The topological polar surface area (TPSA) is 89.0 Å². The summed E-state index contributed by atoms with van der Waals surface area (Å²) >= 11 is 0. The van der Waals surface area contributed by atoms with E-state index < -0.39 is 9.84 Å². The van der Waals surface area contributed by atoms with E-state index in [-0.39, 0.29) is 29.7 Å². The van der Waals surface area contributed by atoms with Gasteiger partial charge in [-0.1, -0.05) is 0 Å². The van der Waals surface area contributed by atoms with E-state index in [1.165, 1.54) is 6.26 Å². The first-order chi connectivity index (χ1) is 10.5. The number of nitrogens with zero attached hydrogens (tertiary/aromatic N) is 1. The molecule has 0 unspecified atom stereocenters. The smallest absolute Gasteiger partial charge is 0.191 e. The summed E-state index contributed by atoms with van der Waals surface area (Å²) in [5.41, 5.74) is 0. The maximum Gasteiger partial charge on any atom is 0.191 e. The predicted molar refractivity (Wildman–Crippen MR) is 103 cm³/mol. The molecule has 0 atom stereocenters. The third kappa shape index (κ3) is 12.9. The molecular weight excluding hydrogens is 433 g/mol. The van der Waals surface area contributed by atoms with Gasteiger partial charge in [0.1, 0.15) is 9.84 Å². The van der Waals surface area contributed by atoms with Gasteiger partial charge < -0.3 is 20.1 Å².